The van der Waals surface area contributed by atoms with Crippen LogP contribution in [0.15, 0.2) is 46.7 Å². The number of anilines is 2. The highest BCUT2D eigenvalue weighted by Gasteiger charge is 2.29. The smallest absolute Gasteiger partial charge is 0.478 e. The number of nitrogens with zero attached hydrogens (tertiary/aromatic N) is 9. The number of imidazole rings is 1. The molecule has 62 heavy (non-hydrogen) atoms. The van der Waals surface area contributed by atoms with Gasteiger partial charge >= 0.3 is 37.5 Å². The largest absolute Gasteiger partial charge is 0.510 e. The Morgan fingerprint density at radius 1 is 1.05 bits per heavy atom. The molecule has 344 valence electrons. The van der Waals surface area contributed by atoms with Crippen molar-refractivity contribution < 1.29 is 76.5 Å². The number of aliphatic hydroxyl groups excluding tert-OH is 1. The Bertz CT molecular complexity index is 2040. The van der Waals surface area contributed by atoms with Crippen LogP contribution in [0.3, 0.4) is 0 Å². The van der Waals surface area contributed by atoms with Crippen molar-refractivity contribution in [3.8, 4) is 0 Å². The molecule has 3 aromatic heterocycles. The van der Waals surface area contributed by atoms with E-state index in [4.69, 9.17) is 69.8 Å². The minimum atomic E-state index is -4.06. The normalized spacial score (nSPS) is 14.9. The summed E-state index contributed by atoms with van der Waals surface area (Å²) in [6.07, 6.45) is 1.16. The van der Waals surface area contributed by atoms with Gasteiger partial charge in [0.1, 0.15) is 35.7 Å². The zero-order valence-electron chi connectivity index (χ0n) is 33.8. The summed E-state index contributed by atoms with van der Waals surface area (Å²) in [5.74, 6) is -1.46. The summed E-state index contributed by atoms with van der Waals surface area (Å²) >= 11 is 1.47. The Kier molecular flexibility index (Phi) is 25.3. The van der Waals surface area contributed by atoms with Crippen LogP contribution in [0.2, 0.25) is 0 Å². The maximum atomic E-state index is 13.1. The first-order valence-electron chi connectivity index (χ1n) is 17.4. The minimum absolute atomic E-state index is 0.0572. The lowest BCUT2D eigenvalue weighted by Gasteiger charge is -2.21. The molecule has 1 aliphatic rings. The van der Waals surface area contributed by atoms with Gasteiger partial charge < -0.3 is 59.8 Å². The molecule has 4 heterocycles. The summed E-state index contributed by atoms with van der Waals surface area (Å²) < 4.78 is 56.4. The number of hydrogen-bond donors (Lipinski definition) is 5. The molecule has 0 saturated carbocycles. The lowest BCUT2D eigenvalue weighted by Crippen LogP contribution is -2.28. The highest BCUT2D eigenvalue weighted by Crippen LogP contribution is 2.48. The molecule has 1 saturated heterocycles. The molecule has 0 aliphatic carbocycles. The number of ether oxygens (including phenoxy) is 6. The van der Waals surface area contributed by atoms with Crippen molar-refractivity contribution in [3.63, 3.8) is 0 Å². The average Bonchev–Trinajstić information content (AvgIpc) is 3.84. The Morgan fingerprint density at radius 2 is 1.61 bits per heavy atom. The number of rotatable bonds is 17. The summed E-state index contributed by atoms with van der Waals surface area (Å²) in [5, 5.41) is 24.5. The molecule has 0 spiro atoms. The monoisotopic (exact) mass is 939 g/mol. The molecular weight excluding hydrogens is 892 g/mol. The van der Waals surface area contributed by atoms with Crippen molar-refractivity contribution in [2.75, 3.05) is 43.8 Å². The van der Waals surface area contributed by atoms with Crippen LogP contribution >= 0.6 is 28.7 Å². The van der Waals surface area contributed by atoms with Crippen molar-refractivity contribution in [1.82, 2.24) is 29.1 Å². The van der Waals surface area contributed by atoms with E-state index in [1.165, 1.54) is 29.0 Å². The highest BCUT2D eigenvalue weighted by molar-refractivity contribution is 8.00. The molecule has 0 bridgehead atoms. The van der Waals surface area contributed by atoms with Crippen molar-refractivity contribution >= 4 is 75.8 Å². The van der Waals surface area contributed by atoms with Gasteiger partial charge in [-0.2, -0.15) is 4.98 Å². The third-order valence-electron chi connectivity index (χ3n) is 6.38. The first kappa shape index (κ1) is 54.4. The molecule has 0 amide bonds. The van der Waals surface area contributed by atoms with Crippen LogP contribution in [-0.2, 0) is 58.2 Å². The van der Waals surface area contributed by atoms with E-state index in [2.05, 4.69) is 29.7 Å². The van der Waals surface area contributed by atoms with Crippen LogP contribution in [0.25, 0.3) is 21.6 Å². The van der Waals surface area contributed by atoms with Gasteiger partial charge in [-0.25, -0.2) is 38.9 Å². The van der Waals surface area contributed by atoms with Crippen LogP contribution < -0.4 is 17.2 Å². The number of fused-ring (bicyclic) bond motifs is 1. The Balaban J connectivity index is 0.000000575. The molecule has 4 atom stereocenters. The number of hydrogen-bond acceptors (Lipinski definition) is 23. The lowest BCUT2D eigenvalue weighted by atomic mass is 10.4. The Labute approximate surface area is 358 Å². The standard InChI is InChI=1S/C19H30N5O10P.C8H11N3O3S.C4H4O4.H2N3P/c1-12(2)33-18(25)28-9-31-35(27,32-10-29-19(26)34-13(3)4)11-30-14(5)6-24-8-23-15-16(20)21-7-22-17(15)24;9-5-1-2-11(8(13)10-5)6-4-15-7(3-12)14-6;5-3(6)1-2-4(7)8;1-2-3-4/h7-8,12-14H,6,9-11H2,1-5H3,(H2,20,21,22);1-2,6-7,12H,3-4H2,(H2,9,10,13);1-2H,(H,5,6)(H,7,8);4H2/b;;2-1+;/t14-;6-,7+;;/m10../s1. The van der Waals surface area contributed by atoms with Gasteiger partial charge in [0.25, 0.3) is 0 Å². The van der Waals surface area contributed by atoms with Crippen molar-refractivity contribution in [2.45, 2.75) is 71.1 Å². The maximum Gasteiger partial charge on any atom is 0.510 e. The molecule has 0 aromatic carbocycles. The van der Waals surface area contributed by atoms with E-state index in [0.29, 0.717) is 29.1 Å². The number of aliphatic hydroxyl groups is 1. The number of carboxylic acids is 2. The third kappa shape index (κ3) is 22.3. The zero-order valence-corrected chi connectivity index (χ0v) is 36.6. The number of aliphatic carboxylic acids is 2. The van der Waals surface area contributed by atoms with Gasteiger partial charge in [0.05, 0.1) is 37.8 Å². The molecule has 4 rings (SSSR count). The SMILES string of the molecule is CC(C)OC(=O)OCOP(=O)(CO[C@H](C)Cn1cnc2c(N)ncnc21)OCOC(=O)OC(C)C.Nc1ccn([C@@H]2CS[C@H](CO)O2)c(=O)n1.O=C(O)/C=C/C(=O)O.[N-]=[N+]=NP. The summed E-state index contributed by atoms with van der Waals surface area (Å²) in [4.78, 5) is 74.5. The van der Waals surface area contributed by atoms with Gasteiger partial charge in [0.15, 0.2) is 11.5 Å². The van der Waals surface area contributed by atoms with E-state index in [1.54, 1.807) is 51.4 Å². The van der Waals surface area contributed by atoms with Crippen LogP contribution in [0.5, 0.6) is 0 Å². The number of carboxylic acid groups (broad SMARTS) is 2. The molecule has 1 fully saturated rings. The topological polar surface area (TPSA) is 399 Å². The number of carbonyl (C=O) groups is 4. The molecule has 7 N–H and O–H groups in total. The fourth-order valence-corrected chi connectivity index (χ4v) is 5.95. The Morgan fingerprint density at radius 3 is 2.08 bits per heavy atom. The van der Waals surface area contributed by atoms with E-state index in [0.717, 1.165) is 0 Å². The van der Waals surface area contributed by atoms with Crippen LogP contribution in [-0.4, -0.2) is 125 Å². The third-order valence-corrected chi connectivity index (χ3v) is 9.06. The van der Waals surface area contributed by atoms with Crippen molar-refractivity contribution in [2.24, 2.45) is 4.88 Å². The number of nitrogen functional groups attached to an aromatic ring is 2. The van der Waals surface area contributed by atoms with Gasteiger partial charge in [0, 0.05) is 29.0 Å². The van der Waals surface area contributed by atoms with Gasteiger partial charge in [-0.05, 0) is 55.6 Å². The molecule has 1 unspecified atom stereocenters. The average molecular weight is 940 g/mol. The molecule has 0 radical (unpaired) electrons. The predicted octanol–water partition coefficient (Wildman–Crippen LogP) is 3.24. The van der Waals surface area contributed by atoms with E-state index >= 15 is 0 Å². The van der Waals surface area contributed by atoms with Gasteiger partial charge in [-0.1, -0.05) is 4.88 Å². The summed E-state index contributed by atoms with van der Waals surface area (Å²) in [6.45, 7) is 6.92. The molecule has 28 nitrogen and oxygen atoms in total. The highest BCUT2D eigenvalue weighted by atomic mass is 32.2. The second-order valence-electron chi connectivity index (χ2n) is 12.0. The lowest BCUT2D eigenvalue weighted by molar-refractivity contribution is -0.134. The number of aromatic nitrogens is 6. The maximum absolute atomic E-state index is 13.1. The number of azide groups is 1. The minimum Gasteiger partial charge on any atom is -0.478 e. The number of nitrogens with two attached hydrogens (primary N) is 2. The second kappa shape index (κ2) is 28.8. The van der Waals surface area contributed by atoms with E-state index in [9.17, 15) is 28.5 Å². The molecule has 3 aromatic rings. The van der Waals surface area contributed by atoms with Crippen LogP contribution in [0.1, 0.15) is 40.8 Å². The predicted molar refractivity (Wildman–Crippen MR) is 220 cm³/mol. The number of thioether (sulfide) groups is 1. The fourth-order valence-electron chi connectivity index (χ4n) is 3.93. The molecule has 31 heteroatoms. The van der Waals surface area contributed by atoms with Crippen molar-refractivity contribution in [1.29, 1.82) is 0 Å². The van der Waals surface area contributed by atoms with Crippen LogP contribution in [0, 0.1) is 0 Å². The van der Waals surface area contributed by atoms with Gasteiger partial charge in [0.2, 0.25) is 13.6 Å². The van der Waals surface area contributed by atoms with Gasteiger partial charge in [-0.15, -0.1) is 11.8 Å². The van der Waals surface area contributed by atoms with E-state index in [1.807, 2.05) is 9.39 Å². The quantitative estimate of drug-likeness (QED) is 0.0246. The molecule has 1 aliphatic heterocycles. The van der Waals surface area contributed by atoms with Crippen molar-refractivity contribution in [3.05, 3.63) is 58.0 Å². The van der Waals surface area contributed by atoms with Gasteiger partial charge in [-0.3, -0.25) is 18.2 Å². The molecular formula is C31H47N11O17P2S. The first-order valence-corrected chi connectivity index (χ1v) is 20.7. The zero-order chi connectivity index (χ0) is 46.8. The van der Waals surface area contributed by atoms with Crippen LogP contribution in [0.4, 0.5) is 21.2 Å². The summed E-state index contributed by atoms with van der Waals surface area (Å²) in [7, 11) is -2.19. The second-order valence-corrected chi connectivity index (χ2v) is 15.4. The summed E-state index contributed by atoms with van der Waals surface area (Å²) in [5.41, 5.74) is 18.7. The summed E-state index contributed by atoms with van der Waals surface area (Å²) in [6, 6.07) is 1.54. The van der Waals surface area contributed by atoms with E-state index in [-0.39, 0.29) is 36.5 Å². The fraction of sp³-hybridized carbons (Fsp3) is 0.516. The first-order chi connectivity index (χ1) is 29.2. The number of carbonyl (C=O) groups excluding carboxylic acids is 2. The van der Waals surface area contributed by atoms with E-state index < -0.39 is 75.8 Å². The Hall–Kier alpha value is -5.63.